The first-order chi connectivity index (χ1) is 13.4. The van der Waals surface area contributed by atoms with Crippen LogP contribution >= 0.6 is 0 Å². The van der Waals surface area contributed by atoms with E-state index in [0.29, 0.717) is 24.5 Å². The fourth-order valence-corrected chi connectivity index (χ4v) is 2.67. The van der Waals surface area contributed by atoms with Crippen molar-refractivity contribution in [1.29, 1.82) is 0 Å². The van der Waals surface area contributed by atoms with Crippen molar-refractivity contribution in [2.75, 3.05) is 20.3 Å². The number of hydrogen-bond acceptors (Lipinski definition) is 4. The Bertz CT molecular complexity index is 787. The standard InChI is InChI=1S/C22H28N2O4/c1-15(2)20(24-21(25)17-9-11-18(27-4)12-10-17)22(26)23-13-14-28-19-8-6-5-7-16(19)3/h5-12,15,20H,13-14H2,1-4H3,(H,23,26)(H,24,25). The van der Waals surface area contributed by atoms with Gasteiger partial charge >= 0.3 is 0 Å². The molecule has 1 atom stereocenters. The van der Waals surface area contributed by atoms with Gasteiger partial charge in [-0.25, -0.2) is 0 Å². The minimum absolute atomic E-state index is 0.0560. The molecule has 0 spiro atoms. The van der Waals surface area contributed by atoms with Crippen LogP contribution in [-0.4, -0.2) is 38.1 Å². The van der Waals surface area contributed by atoms with E-state index in [4.69, 9.17) is 9.47 Å². The van der Waals surface area contributed by atoms with Gasteiger partial charge in [-0.15, -0.1) is 0 Å². The Hall–Kier alpha value is -3.02. The van der Waals surface area contributed by atoms with Crippen molar-refractivity contribution >= 4 is 11.8 Å². The summed E-state index contributed by atoms with van der Waals surface area (Å²) >= 11 is 0. The van der Waals surface area contributed by atoms with Crippen LogP contribution < -0.4 is 20.1 Å². The van der Waals surface area contributed by atoms with E-state index in [1.54, 1.807) is 31.4 Å². The first kappa shape index (κ1) is 21.3. The second-order valence-corrected chi connectivity index (χ2v) is 6.83. The highest BCUT2D eigenvalue weighted by atomic mass is 16.5. The third-order valence-corrected chi connectivity index (χ3v) is 4.34. The molecule has 1 unspecified atom stereocenters. The number of nitrogens with one attached hydrogen (secondary N) is 2. The summed E-state index contributed by atoms with van der Waals surface area (Å²) in [6.45, 7) is 6.46. The third kappa shape index (κ3) is 6.01. The second-order valence-electron chi connectivity index (χ2n) is 6.83. The number of methoxy groups -OCH3 is 1. The van der Waals surface area contributed by atoms with E-state index < -0.39 is 6.04 Å². The maximum Gasteiger partial charge on any atom is 0.251 e. The quantitative estimate of drug-likeness (QED) is 0.652. The highest BCUT2D eigenvalue weighted by molar-refractivity contribution is 5.97. The summed E-state index contributed by atoms with van der Waals surface area (Å²) in [5.41, 5.74) is 1.52. The van der Waals surface area contributed by atoms with Gasteiger partial charge in [0, 0.05) is 5.56 Å². The average molecular weight is 384 g/mol. The van der Waals surface area contributed by atoms with Crippen LogP contribution in [-0.2, 0) is 4.79 Å². The van der Waals surface area contributed by atoms with Gasteiger partial charge in [0.2, 0.25) is 5.91 Å². The number of aryl methyl sites for hydroxylation is 1. The van der Waals surface area contributed by atoms with Gasteiger partial charge in [0.25, 0.3) is 5.91 Å². The lowest BCUT2D eigenvalue weighted by Gasteiger charge is -2.22. The zero-order valence-electron chi connectivity index (χ0n) is 16.8. The lowest BCUT2D eigenvalue weighted by Crippen LogP contribution is -2.50. The second kappa shape index (κ2) is 10.3. The molecule has 2 rings (SSSR count). The Morgan fingerprint density at radius 1 is 1.04 bits per heavy atom. The van der Waals surface area contributed by atoms with Gasteiger partial charge in [0.05, 0.1) is 13.7 Å². The molecule has 28 heavy (non-hydrogen) atoms. The molecular weight excluding hydrogens is 356 g/mol. The normalized spacial score (nSPS) is 11.6. The van der Waals surface area contributed by atoms with Crippen LogP contribution in [0.15, 0.2) is 48.5 Å². The summed E-state index contributed by atoms with van der Waals surface area (Å²) in [6, 6.07) is 13.8. The number of carbonyl (C=O) groups excluding carboxylic acids is 2. The van der Waals surface area contributed by atoms with Crippen LogP contribution in [0.25, 0.3) is 0 Å². The number of benzene rings is 2. The number of hydrogen-bond donors (Lipinski definition) is 2. The van der Waals surface area contributed by atoms with E-state index in [2.05, 4.69) is 10.6 Å². The molecule has 0 heterocycles. The van der Waals surface area contributed by atoms with E-state index in [0.717, 1.165) is 11.3 Å². The molecule has 0 aliphatic rings. The fourth-order valence-electron chi connectivity index (χ4n) is 2.67. The van der Waals surface area contributed by atoms with Crippen molar-refractivity contribution in [3.05, 3.63) is 59.7 Å². The predicted octanol–water partition coefficient (Wildman–Crippen LogP) is 2.95. The SMILES string of the molecule is COc1ccc(C(=O)NC(C(=O)NCCOc2ccccc2C)C(C)C)cc1. The Morgan fingerprint density at radius 3 is 2.32 bits per heavy atom. The Kier molecular flexibility index (Phi) is 7.87. The fraction of sp³-hybridized carbons (Fsp3) is 0.364. The van der Waals surface area contributed by atoms with Crippen LogP contribution in [0, 0.1) is 12.8 Å². The molecule has 0 aliphatic heterocycles. The molecule has 0 radical (unpaired) electrons. The number of para-hydroxylation sites is 1. The van der Waals surface area contributed by atoms with Gasteiger partial charge in [-0.3, -0.25) is 9.59 Å². The lowest BCUT2D eigenvalue weighted by molar-refractivity contribution is -0.124. The maximum atomic E-state index is 12.5. The summed E-state index contributed by atoms with van der Waals surface area (Å²) in [4.78, 5) is 25.0. The highest BCUT2D eigenvalue weighted by Crippen LogP contribution is 2.15. The predicted molar refractivity (Wildman–Crippen MR) is 109 cm³/mol. The molecular formula is C22H28N2O4. The van der Waals surface area contributed by atoms with Crippen LogP contribution in [0.5, 0.6) is 11.5 Å². The highest BCUT2D eigenvalue weighted by Gasteiger charge is 2.24. The van der Waals surface area contributed by atoms with Crippen LogP contribution in [0.3, 0.4) is 0 Å². The minimum Gasteiger partial charge on any atom is -0.497 e. The summed E-state index contributed by atoms with van der Waals surface area (Å²) in [6.07, 6.45) is 0. The summed E-state index contributed by atoms with van der Waals surface area (Å²) in [5.74, 6) is 0.880. The smallest absolute Gasteiger partial charge is 0.251 e. The van der Waals surface area contributed by atoms with Gasteiger partial charge < -0.3 is 20.1 Å². The van der Waals surface area contributed by atoms with E-state index in [-0.39, 0.29) is 17.7 Å². The van der Waals surface area contributed by atoms with Crippen molar-refractivity contribution in [2.45, 2.75) is 26.8 Å². The number of carbonyl (C=O) groups is 2. The molecule has 0 fully saturated rings. The zero-order chi connectivity index (χ0) is 20.5. The number of amides is 2. The number of ether oxygens (including phenoxy) is 2. The van der Waals surface area contributed by atoms with Crippen molar-refractivity contribution in [2.24, 2.45) is 5.92 Å². The molecule has 2 N–H and O–H groups in total. The number of rotatable bonds is 9. The van der Waals surface area contributed by atoms with Crippen molar-refractivity contribution in [3.63, 3.8) is 0 Å². The zero-order valence-corrected chi connectivity index (χ0v) is 16.8. The van der Waals surface area contributed by atoms with Gasteiger partial charge in [0.1, 0.15) is 24.1 Å². The van der Waals surface area contributed by atoms with Crippen molar-refractivity contribution in [1.82, 2.24) is 10.6 Å². The first-order valence-electron chi connectivity index (χ1n) is 9.33. The monoisotopic (exact) mass is 384 g/mol. The van der Waals surface area contributed by atoms with Gasteiger partial charge in [0.15, 0.2) is 0 Å². The average Bonchev–Trinajstić information content (AvgIpc) is 2.70. The molecule has 150 valence electrons. The summed E-state index contributed by atoms with van der Waals surface area (Å²) in [5, 5.41) is 5.64. The Morgan fingerprint density at radius 2 is 1.71 bits per heavy atom. The van der Waals surface area contributed by atoms with Gasteiger partial charge in [-0.05, 0) is 48.7 Å². The molecule has 0 aromatic heterocycles. The molecule has 0 bridgehead atoms. The summed E-state index contributed by atoms with van der Waals surface area (Å²) in [7, 11) is 1.57. The Labute approximate surface area is 166 Å². The topological polar surface area (TPSA) is 76.7 Å². The van der Waals surface area contributed by atoms with Gasteiger partial charge in [-0.1, -0.05) is 32.0 Å². The van der Waals surface area contributed by atoms with Crippen molar-refractivity contribution in [3.8, 4) is 11.5 Å². The summed E-state index contributed by atoms with van der Waals surface area (Å²) < 4.78 is 10.8. The van der Waals surface area contributed by atoms with Crippen molar-refractivity contribution < 1.29 is 19.1 Å². The van der Waals surface area contributed by atoms with E-state index in [1.165, 1.54) is 0 Å². The van der Waals surface area contributed by atoms with E-state index in [1.807, 2.05) is 45.0 Å². The third-order valence-electron chi connectivity index (χ3n) is 4.34. The Balaban J connectivity index is 1.86. The molecule has 0 saturated carbocycles. The molecule has 0 saturated heterocycles. The lowest BCUT2D eigenvalue weighted by atomic mass is 10.0. The molecule has 2 aromatic carbocycles. The van der Waals surface area contributed by atoms with E-state index >= 15 is 0 Å². The van der Waals surface area contributed by atoms with Crippen LogP contribution in [0.1, 0.15) is 29.8 Å². The van der Waals surface area contributed by atoms with Crippen LogP contribution in [0.4, 0.5) is 0 Å². The first-order valence-corrected chi connectivity index (χ1v) is 9.33. The van der Waals surface area contributed by atoms with Gasteiger partial charge in [-0.2, -0.15) is 0 Å². The molecule has 2 aromatic rings. The maximum absolute atomic E-state index is 12.5. The molecule has 6 nitrogen and oxygen atoms in total. The van der Waals surface area contributed by atoms with E-state index in [9.17, 15) is 9.59 Å². The minimum atomic E-state index is -0.631. The molecule has 2 amide bonds. The molecule has 0 aliphatic carbocycles. The molecule has 6 heteroatoms. The largest absolute Gasteiger partial charge is 0.497 e. The van der Waals surface area contributed by atoms with Crippen LogP contribution in [0.2, 0.25) is 0 Å².